The van der Waals surface area contributed by atoms with Crippen LogP contribution < -0.4 is 14.8 Å². The van der Waals surface area contributed by atoms with Crippen LogP contribution in [0.1, 0.15) is 101 Å². The Labute approximate surface area is 248 Å². The van der Waals surface area contributed by atoms with Gasteiger partial charge in [0, 0.05) is 12.1 Å². The number of carbonyl (C=O) groups excluding carboxylic acids is 1. The number of hydrogen-bond donors (Lipinski definition) is 1. The molecule has 0 fully saturated rings. The minimum Gasteiger partial charge on any atom is -0.483 e. The molecular weight excluding hydrogens is 506 g/mol. The molecule has 0 spiro atoms. The van der Waals surface area contributed by atoms with Crippen molar-refractivity contribution in [2.45, 2.75) is 112 Å². The first-order valence-corrected chi connectivity index (χ1v) is 15.3. The van der Waals surface area contributed by atoms with Gasteiger partial charge in [0.25, 0.3) is 0 Å². The molecule has 2 aromatic rings. The van der Waals surface area contributed by atoms with Gasteiger partial charge < -0.3 is 14.8 Å². The Morgan fingerprint density at radius 1 is 1.05 bits per heavy atom. The number of allylic oxidation sites excluding steroid dienone is 5. The molecule has 4 nitrogen and oxygen atoms in total. The highest BCUT2D eigenvalue weighted by molar-refractivity contribution is 5.73. The molecule has 1 heterocycles. The molecule has 0 saturated heterocycles. The number of hydrogen-bond acceptors (Lipinski definition) is 3. The summed E-state index contributed by atoms with van der Waals surface area (Å²) in [5.41, 5.74) is 7.62. The predicted molar refractivity (Wildman–Crippen MR) is 172 cm³/mol. The van der Waals surface area contributed by atoms with Crippen molar-refractivity contribution in [1.29, 1.82) is 0 Å². The molecule has 3 rings (SSSR count). The van der Waals surface area contributed by atoms with Gasteiger partial charge in [0.15, 0.2) is 0 Å². The van der Waals surface area contributed by atoms with E-state index in [9.17, 15) is 4.79 Å². The highest BCUT2D eigenvalue weighted by Gasteiger charge is 2.33. The van der Waals surface area contributed by atoms with E-state index in [0.29, 0.717) is 12.3 Å². The standard InChI is InChI=1S/C37H51NO3/c1-26(2)15-12-16-27(3)17-13-18-28(4)19-14-23-37(8)24-22-33-31(7)34(29(5)30(6)35(33)41-37)40-36(39)38-25-32-20-10-9-11-21-32/h9-11,14,17,19-21,23,26H,12-13,15-16,18,22,24-25H2,1-8H3,(H,38,39)/b23-14?,27-17+,28-19?/t37-/m0/s1. The van der Waals surface area contributed by atoms with E-state index in [0.717, 1.165) is 65.2 Å². The highest BCUT2D eigenvalue weighted by Crippen LogP contribution is 2.44. The maximum Gasteiger partial charge on any atom is 0.412 e. The second-order valence-electron chi connectivity index (χ2n) is 12.4. The van der Waals surface area contributed by atoms with Gasteiger partial charge in [-0.3, -0.25) is 0 Å². The zero-order valence-corrected chi connectivity index (χ0v) is 26.7. The van der Waals surface area contributed by atoms with Gasteiger partial charge in [0.05, 0.1) is 0 Å². The number of fused-ring (bicyclic) bond motifs is 1. The molecule has 41 heavy (non-hydrogen) atoms. The van der Waals surface area contributed by atoms with Crippen LogP contribution in [0.4, 0.5) is 4.79 Å². The van der Waals surface area contributed by atoms with Crippen molar-refractivity contribution in [3.8, 4) is 11.5 Å². The number of amides is 1. The molecule has 222 valence electrons. The molecule has 0 radical (unpaired) electrons. The molecule has 0 saturated carbocycles. The largest absolute Gasteiger partial charge is 0.483 e. The fourth-order valence-electron chi connectivity index (χ4n) is 5.36. The van der Waals surface area contributed by atoms with Crippen LogP contribution in [-0.2, 0) is 13.0 Å². The maximum atomic E-state index is 12.6. The second-order valence-corrected chi connectivity index (χ2v) is 12.4. The molecule has 0 aliphatic carbocycles. The average molecular weight is 558 g/mol. The fourth-order valence-corrected chi connectivity index (χ4v) is 5.36. The Hall–Kier alpha value is -3.27. The van der Waals surface area contributed by atoms with Crippen LogP contribution in [0.2, 0.25) is 0 Å². The van der Waals surface area contributed by atoms with E-state index >= 15 is 0 Å². The fraction of sp³-hybridized carbons (Fsp3) is 0.486. The lowest BCUT2D eigenvalue weighted by Gasteiger charge is -2.36. The molecule has 0 bridgehead atoms. The Balaban J connectivity index is 1.60. The number of nitrogens with one attached hydrogen (secondary N) is 1. The van der Waals surface area contributed by atoms with Crippen molar-refractivity contribution < 1.29 is 14.3 Å². The minimum atomic E-state index is -0.442. The molecule has 1 N–H and O–H groups in total. The summed E-state index contributed by atoms with van der Waals surface area (Å²) in [5, 5.41) is 2.87. The predicted octanol–water partition coefficient (Wildman–Crippen LogP) is 10.0. The summed E-state index contributed by atoms with van der Waals surface area (Å²) in [6.45, 7) is 17.7. The summed E-state index contributed by atoms with van der Waals surface area (Å²) < 4.78 is 12.5. The van der Waals surface area contributed by atoms with E-state index in [1.807, 2.05) is 44.2 Å². The van der Waals surface area contributed by atoms with E-state index < -0.39 is 6.09 Å². The quantitative estimate of drug-likeness (QED) is 0.209. The summed E-state index contributed by atoms with van der Waals surface area (Å²) in [7, 11) is 0. The van der Waals surface area contributed by atoms with Gasteiger partial charge in [0.1, 0.15) is 17.1 Å². The molecule has 4 heteroatoms. The van der Waals surface area contributed by atoms with Crippen molar-refractivity contribution in [2.24, 2.45) is 5.92 Å². The third-order valence-electron chi connectivity index (χ3n) is 8.21. The van der Waals surface area contributed by atoms with E-state index in [1.165, 1.54) is 30.4 Å². The van der Waals surface area contributed by atoms with Gasteiger partial charge >= 0.3 is 6.09 Å². The zero-order valence-electron chi connectivity index (χ0n) is 26.7. The third-order valence-corrected chi connectivity index (χ3v) is 8.21. The normalized spacial score (nSPS) is 17.5. The molecule has 0 unspecified atom stereocenters. The number of carbonyl (C=O) groups is 1. The van der Waals surface area contributed by atoms with Crippen LogP contribution in [0.15, 0.2) is 65.8 Å². The lowest BCUT2D eigenvalue weighted by molar-refractivity contribution is 0.112. The Kier molecular flexibility index (Phi) is 11.9. The van der Waals surface area contributed by atoms with Gasteiger partial charge in [-0.25, -0.2) is 4.79 Å². The summed E-state index contributed by atoms with van der Waals surface area (Å²) in [6.07, 6.45) is 16.2. The van der Waals surface area contributed by atoms with Crippen molar-refractivity contribution in [1.82, 2.24) is 5.32 Å². The summed E-state index contributed by atoms with van der Waals surface area (Å²) >= 11 is 0. The average Bonchev–Trinajstić information content (AvgIpc) is 2.93. The van der Waals surface area contributed by atoms with Gasteiger partial charge in [-0.15, -0.1) is 0 Å². The first kappa shape index (κ1) is 32.2. The summed E-state index contributed by atoms with van der Waals surface area (Å²) in [6, 6.07) is 9.84. The SMILES string of the molecule is CC(=CC=C[C@@]1(C)CCc2c(C)c(OC(=O)NCc3ccccc3)c(C)c(C)c2O1)CC/C=C(\C)CCCC(C)C. The zero-order chi connectivity index (χ0) is 30.0. The molecule has 0 aromatic heterocycles. The van der Waals surface area contributed by atoms with Crippen molar-refractivity contribution in [2.75, 3.05) is 0 Å². The molecular formula is C37H51NO3. The van der Waals surface area contributed by atoms with E-state index in [1.54, 1.807) is 0 Å². The first-order chi connectivity index (χ1) is 19.5. The smallest absolute Gasteiger partial charge is 0.412 e. The van der Waals surface area contributed by atoms with Gasteiger partial charge in [-0.1, -0.05) is 80.0 Å². The third kappa shape index (κ3) is 9.66. The van der Waals surface area contributed by atoms with Gasteiger partial charge in [-0.05, 0) is 114 Å². The molecule has 1 amide bonds. The number of rotatable bonds is 12. The molecule has 1 aliphatic rings. The van der Waals surface area contributed by atoms with E-state index in [2.05, 4.69) is 71.2 Å². The first-order valence-electron chi connectivity index (χ1n) is 15.3. The van der Waals surface area contributed by atoms with Crippen LogP contribution in [-0.4, -0.2) is 11.7 Å². The number of ether oxygens (including phenoxy) is 2. The van der Waals surface area contributed by atoms with Crippen LogP contribution in [0.5, 0.6) is 11.5 Å². The van der Waals surface area contributed by atoms with Crippen LogP contribution in [0.3, 0.4) is 0 Å². The maximum absolute atomic E-state index is 12.6. The number of benzene rings is 2. The van der Waals surface area contributed by atoms with Gasteiger partial charge in [0.2, 0.25) is 0 Å². The monoisotopic (exact) mass is 557 g/mol. The second kappa shape index (κ2) is 15.1. The molecule has 1 aliphatic heterocycles. The minimum absolute atomic E-state index is 0.379. The van der Waals surface area contributed by atoms with Crippen LogP contribution in [0.25, 0.3) is 0 Å². The highest BCUT2D eigenvalue weighted by atomic mass is 16.6. The summed E-state index contributed by atoms with van der Waals surface area (Å²) in [4.78, 5) is 12.6. The van der Waals surface area contributed by atoms with Crippen molar-refractivity contribution in [3.05, 3.63) is 93.6 Å². The van der Waals surface area contributed by atoms with Crippen LogP contribution in [0, 0.1) is 26.7 Å². The van der Waals surface area contributed by atoms with Crippen molar-refractivity contribution >= 4 is 6.09 Å². The lowest BCUT2D eigenvalue weighted by Crippen LogP contribution is -2.35. The lowest BCUT2D eigenvalue weighted by atomic mass is 9.87. The topological polar surface area (TPSA) is 47.6 Å². The van der Waals surface area contributed by atoms with E-state index in [4.69, 9.17) is 9.47 Å². The Morgan fingerprint density at radius 3 is 2.49 bits per heavy atom. The summed E-state index contributed by atoms with van der Waals surface area (Å²) in [5.74, 6) is 2.35. The van der Waals surface area contributed by atoms with Gasteiger partial charge in [-0.2, -0.15) is 0 Å². The molecule has 1 atom stereocenters. The van der Waals surface area contributed by atoms with Crippen molar-refractivity contribution in [3.63, 3.8) is 0 Å². The Morgan fingerprint density at radius 2 is 1.78 bits per heavy atom. The van der Waals surface area contributed by atoms with Crippen LogP contribution >= 0.6 is 0 Å². The van der Waals surface area contributed by atoms with E-state index in [-0.39, 0.29) is 5.60 Å². The Bertz CT molecular complexity index is 1270. The molecule has 2 aromatic carbocycles.